The Bertz CT molecular complexity index is 1370. The zero-order valence-corrected chi connectivity index (χ0v) is 22.5. The minimum absolute atomic E-state index is 0.0166. The standard InChI is InChI=1S/C31H34N4O4/c1-3-38-25-19-21-12-14-35-29(24(21)20-26(25)39-4-2)28(22-9-5-6-10-23(22)30(35)36)31(37)34-17-15-33(16-18-34)27-11-7-8-13-32-27/h5-11,13,19-20,28-29H,3-4,12,14-18H2,1-2H3/t28-,29-/m1/s1. The van der Waals surface area contributed by atoms with Crippen molar-refractivity contribution in [1.29, 1.82) is 0 Å². The topological polar surface area (TPSA) is 75.2 Å². The molecule has 2 aromatic carbocycles. The first kappa shape index (κ1) is 25.2. The van der Waals surface area contributed by atoms with Crippen LogP contribution in [0.5, 0.6) is 11.5 Å². The summed E-state index contributed by atoms with van der Waals surface area (Å²) >= 11 is 0. The van der Waals surface area contributed by atoms with E-state index in [1.54, 1.807) is 6.20 Å². The van der Waals surface area contributed by atoms with Gasteiger partial charge in [-0.3, -0.25) is 9.59 Å². The molecule has 1 aromatic heterocycles. The van der Waals surface area contributed by atoms with Gasteiger partial charge in [-0.15, -0.1) is 0 Å². The lowest BCUT2D eigenvalue weighted by atomic mass is 9.75. The summed E-state index contributed by atoms with van der Waals surface area (Å²) in [5, 5.41) is 0. The normalized spacial score (nSPS) is 20.2. The Morgan fingerprint density at radius 3 is 2.33 bits per heavy atom. The van der Waals surface area contributed by atoms with Gasteiger partial charge in [-0.25, -0.2) is 4.98 Å². The van der Waals surface area contributed by atoms with Crippen molar-refractivity contribution in [3.63, 3.8) is 0 Å². The third kappa shape index (κ3) is 4.47. The Balaban J connectivity index is 1.38. The van der Waals surface area contributed by atoms with Gasteiger partial charge in [0.05, 0.1) is 25.2 Å². The van der Waals surface area contributed by atoms with E-state index >= 15 is 0 Å². The van der Waals surface area contributed by atoms with E-state index < -0.39 is 12.0 Å². The summed E-state index contributed by atoms with van der Waals surface area (Å²) in [5.74, 6) is 1.84. The summed E-state index contributed by atoms with van der Waals surface area (Å²) in [7, 11) is 0. The molecule has 0 spiro atoms. The molecule has 4 heterocycles. The summed E-state index contributed by atoms with van der Waals surface area (Å²) in [6.45, 7) is 8.13. The summed E-state index contributed by atoms with van der Waals surface area (Å²) in [6.07, 6.45) is 2.50. The largest absolute Gasteiger partial charge is 0.490 e. The van der Waals surface area contributed by atoms with Crippen molar-refractivity contribution < 1.29 is 19.1 Å². The number of aromatic nitrogens is 1. The molecule has 3 aliphatic heterocycles. The van der Waals surface area contributed by atoms with E-state index in [1.807, 2.05) is 78.2 Å². The minimum Gasteiger partial charge on any atom is -0.490 e. The number of pyridine rings is 1. The van der Waals surface area contributed by atoms with E-state index in [9.17, 15) is 9.59 Å². The summed E-state index contributed by atoms with van der Waals surface area (Å²) in [6, 6.07) is 17.1. The molecular weight excluding hydrogens is 492 g/mol. The van der Waals surface area contributed by atoms with Crippen LogP contribution in [0.3, 0.4) is 0 Å². The predicted octanol–water partition coefficient (Wildman–Crippen LogP) is 4.06. The van der Waals surface area contributed by atoms with Crippen molar-refractivity contribution in [2.24, 2.45) is 0 Å². The van der Waals surface area contributed by atoms with Crippen LogP contribution in [0, 0.1) is 0 Å². The Hall–Kier alpha value is -4.07. The fraction of sp³-hybridized carbons (Fsp3) is 0.387. The summed E-state index contributed by atoms with van der Waals surface area (Å²) in [4.78, 5) is 38.7. The van der Waals surface area contributed by atoms with Gasteiger partial charge in [0, 0.05) is 44.5 Å². The maximum absolute atomic E-state index is 14.4. The van der Waals surface area contributed by atoms with Gasteiger partial charge in [-0.1, -0.05) is 24.3 Å². The van der Waals surface area contributed by atoms with Crippen LogP contribution in [0.4, 0.5) is 5.82 Å². The molecule has 0 N–H and O–H groups in total. The molecule has 202 valence electrons. The van der Waals surface area contributed by atoms with Crippen LogP contribution < -0.4 is 14.4 Å². The second kappa shape index (κ2) is 10.6. The Kier molecular flexibility index (Phi) is 6.85. The molecule has 0 bridgehead atoms. The number of ether oxygens (including phenoxy) is 2. The van der Waals surface area contributed by atoms with Crippen molar-refractivity contribution in [3.8, 4) is 11.5 Å². The Labute approximate surface area is 229 Å². The van der Waals surface area contributed by atoms with Crippen LogP contribution in [0.1, 0.15) is 52.9 Å². The fourth-order valence-electron chi connectivity index (χ4n) is 6.23. The van der Waals surface area contributed by atoms with Crippen LogP contribution >= 0.6 is 0 Å². The molecule has 1 saturated heterocycles. The van der Waals surface area contributed by atoms with Gasteiger partial charge < -0.3 is 24.2 Å². The summed E-state index contributed by atoms with van der Waals surface area (Å²) in [5.41, 5.74) is 3.51. The second-order valence-corrected chi connectivity index (χ2v) is 10.1. The maximum atomic E-state index is 14.4. The third-order valence-electron chi connectivity index (χ3n) is 8.02. The van der Waals surface area contributed by atoms with Crippen molar-refractivity contribution in [2.75, 3.05) is 50.8 Å². The quantitative estimate of drug-likeness (QED) is 0.482. The number of hydrogen-bond acceptors (Lipinski definition) is 6. The molecule has 6 rings (SSSR count). The number of carbonyl (C=O) groups excluding carboxylic acids is 2. The highest BCUT2D eigenvalue weighted by atomic mass is 16.5. The van der Waals surface area contributed by atoms with E-state index in [4.69, 9.17) is 9.47 Å². The summed E-state index contributed by atoms with van der Waals surface area (Å²) < 4.78 is 11.9. The van der Waals surface area contributed by atoms with Gasteiger partial charge in [-0.05, 0) is 67.3 Å². The first-order valence-electron chi connectivity index (χ1n) is 13.9. The van der Waals surface area contributed by atoms with Crippen molar-refractivity contribution in [2.45, 2.75) is 32.2 Å². The molecule has 3 aromatic rings. The number of piperazine rings is 1. The van der Waals surface area contributed by atoms with Crippen molar-refractivity contribution in [3.05, 3.63) is 83.0 Å². The zero-order valence-electron chi connectivity index (χ0n) is 22.5. The van der Waals surface area contributed by atoms with Crippen LogP contribution in [0.2, 0.25) is 0 Å². The molecule has 0 radical (unpaired) electrons. The number of benzene rings is 2. The SMILES string of the molecule is CCOc1cc2c(cc1OCC)[C@@H]1[C@H](C(=O)N3CCN(c4ccccn4)CC3)c3ccccc3C(=O)N1CC2. The number of carbonyl (C=O) groups is 2. The third-order valence-corrected chi connectivity index (χ3v) is 8.02. The number of hydrogen-bond donors (Lipinski definition) is 0. The number of rotatable bonds is 6. The lowest BCUT2D eigenvalue weighted by Crippen LogP contribution is -2.54. The van der Waals surface area contributed by atoms with E-state index in [1.165, 1.54) is 0 Å². The van der Waals surface area contributed by atoms with E-state index in [-0.39, 0.29) is 11.8 Å². The number of fused-ring (bicyclic) bond motifs is 4. The Morgan fingerprint density at radius 1 is 0.897 bits per heavy atom. The lowest BCUT2D eigenvalue weighted by Gasteiger charge is -2.47. The minimum atomic E-state index is -0.494. The lowest BCUT2D eigenvalue weighted by molar-refractivity contribution is -0.135. The molecule has 2 atom stereocenters. The van der Waals surface area contributed by atoms with Gasteiger partial charge >= 0.3 is 0 Å². The van der Waals surface area contributed by atoms with Gasteiger partial charge in [0.25, 0.3) is 5.91 Å². The maximum Gasteiger partial charge on any atom is 0.254 e. The molecule has 0 unspecified atom stereocenters. The highest BCUT2D eigenvalue weighted by Crippen LogP contribution is 2.49. The number of nitrogens with zero attached hydrogens (tertiary/aromatic N) is 4. The van der Waals surface area contributed by atoms with Gasteiger partial charge in [-0.2, -0.15) is 0 Å². The highest BCUT2D eigenvalue weighted by molar-refractivity contribution is 6.01. The van der Waals surface area contributed by atoms with Crippen LogP contribution in [-0.4, -0.2) is 72.5 Å². The van der Waals surface area contributed by atoms with E-state index in [0.29, 0.717) is 69.4 Å². The highest BCUT2D eigenvalue weighted by Gasteiger charge is 2.48. The second-order valence-electron chi connectivity index (χ2n) is 10.1. The molecule has 0 saturated carbocycles. The molecule has 8 heteroatoms. The van der Waals surface area contributed by atoms with Crippen LogP contribution in [0.15, 0.2) is 60.8 Å². The molecule has 39 heavy (non-hydrogen) atoms. The smallest absolute Gasteiger partial charge is 0.254 e. The van der Waals surface area contributed by atoms with E-state index in [0.717, 1.165) is 22.5 Å². The monoisotopic (exact) mass is 526 g/mol. The predicted molar refractivity (Wildman–Crippen MR) is 148 cm³/mol. The van der Waals surface area contributed by atoms with Crippen LogP contribution in [0.25, 0.3) is 0 Å². The van der Waals surface area contributed by atoms with Crippen molar-refractivity contribution in [1.82, 2.24) is 14.8 Å². The first-order valence-corrected chi connectivity index (χ1v) is 13.9. The van der Waals surface area contributed by atoms with E-state index in [2.05, 4.69) is 9.88 Å². The number of amides is 2. The van der Waals surface area contributed by atoms with Gasteiger partial charge in [0.2, 0.25) is 5.91 Å². The molecular formula is C31H34N4O4. The average Bonchev–Trinajstić information content (AvgIpc) is 2.98. The molecule has 1 fully saturated rings. The zero-order chi connectivity index (χ0) is 26.9. The number of anilines is 1. The van der Waals surface area contributed by atoms with Crippen LogP contribution in [-0.2, 0) is 11.2 Å². The molecule has 2 amide bonds. The van der Waals surface area contributed by atoms with Gasteiger partial charge in [0.15, 0.2) is 11.5 Å². The van der Waals surface area contributed by atoms with Crippen molar-refractivity contribution >= 4 is 17.6 Å². The average molecular weight is 527 g/mol. The molecule has 8 nitrogen and oxygen atoms in total. The molecule has 0 aliphatic carbocycles. The Morgan fingerprint density at radius 2 is 1.62 bits per heavy atom. The first-order chi connectivity index (χ1) is 19.1. The fourth-order valence-corrected chi connectivity index (χ4v) is 6.23. The van der Waals surface area contributed by atoms with Gasteiger partial charge in [0.1, 0.15) is 5.82 Å². The molecule has 3 aliphatic rings.